The summed E-state index contributed by atoms with van der Waals surface area (Å²) in [6, 6.07) is -0.136. The summed E-state index contributed by atoms with van der Waals surface area (Å²) in [7, 11) is -2.91. The average Bonchev–Trinajstić information content (AvgIpc) is 2.70. The van der Waals surface area contributed by atoms with Crippen LogP contribution in [0.4, 0.5) is 5.95 Å². The summed E-state index contributed by atoms with van der Waals surface area (Å²) in [5.74, 6) is 1.38. The van der Waals surface area contributed by atoms with Gasteiger partial charge in [-0.1, -0.05) is 6.92 Å². The zero-order chi connectivity index (χ0) is 11.8. The lowest BCUT2D eigenvalue weighted by Gasteiger charge is -2.08. The van der Waals surface area contributed by atoms with Crippen LogP contribution < -0.4 is 5.73 Å². The molecule has 1 aromatic rings. The molecule has 6 nitrogen and oxygen atoms in total. The Morgan fingerprint density at radius 1 is 1.56 bits per heavy atom. The largest absolute Gasteiger partial charge is 0.368 e. The van der Waals surface area contributed by atoms with Crippen molar-refractivity contribution in [2.75, 3.05) is 17.2 Å². The predicted octanol–water partition coefficient (Wildman–Crippen LogP) is 0.172. The number of hydrogen-bond donors (Lipinski definition) is 1. The van der Waals surface area contributed by atoms with Gasteiger partial charge in [-0.3, -0.25) is 0 Å². The Morgan fingerprint density at radius 2 is 2.31 bits per heavy atom. The second-order valence-corrected chi connectivity index (χ2v) is 6.37. The topological polar surface area (TPSA) is 90.9 Å². The van der Waals surface area contributed by atoms with Crippen molar-refractivity contribution in [2.24, 2.45) is 0 Å². The van der Waals surface area contributed by atoms with E-state index in [1.807, 2.05) is 6.92 Å². The molecule has 1 saturated heterocycles. The van der Waals surface area contributed by atoms with Crippen LogP contribution >= 0.6 is 0 Å². The van der Waals surface area contributed by atoms with E-state index in [0.29, 0.717) is 18.2 Å². The summed E-state index contributed by atoms with van der Waals surface area (Å²) < 4.78 is 24.3. The number of nitrogens with zero attached hydrogens (tertiary/aromatic N) is 3. The molecule has 2 N–H and O–H groups in total. The molecule has 0 radical (unpaired) electrons. The van der Waals surface area contributed by atoms with E-state index in [9.17, 15) is 8.42 Å². The first-order valence-electron chi connectivity index (χ1n) is 5.43. The molecular weight excluding hydrogens is 228 g/mol. The normalized spacial score (nSPS) is 23.7. The Morgan fingerprint density at radius 3 is 2.88 bits per heavy atom. The van der Waals surface area contributed by atoms with E-state index in [-0.39, 0.29) is 17.5 Å². The third-order valence-corrected chi connectivity index (χ3v) is 4.48. The third-order valence-electron chi connectivity index (χ3n) is 2.73. The molecule has 0 aliphatic carbocycles. The van der Waals surface area contributed by atoms with Crippen LogP contribution in [0.15, 0.2) is 0 Å². The summed E-state index contributed by atoms with van der Waals surface area (Å²) in [4.78, 5) is 4.13. The maximum atomic E-state index is 11.4. The molecule has 7 heteroatoms. The SMILES string of the molecule is CCCc1nc(N)n(C2CCS(=O)(=O)C2)n1. The van der Waals surface area contributed by atoms with Crippen LogP contribution in [0.1, 0.15) is 31.6 Å². The van der Waals surface area contributed by atoms with Crippen molar-refractivity contribution in [3.05, 3.63) is 5.82 Å². The molecule has 1 aliphatic heterocycles. The molecule has 0 saturated carbocycles. The van der Waals surface area contributed by atoms with Gasteiger partial charge in [-0.05, 0) is 12.8 Å². The van der Waals surface area contributed by atoms with Gasteiger partial charge in [0.05, 0.1) is 17.5 Å². The first kappa shape index (κ1) is 11.4. The van der Waals surface area contributed by atoms with Crippen molar-refractivity contribution in [1.29, 1.82) is 0 Å². The van der Waals surface area contributed by atoms with Crippen molar-refractivity contribution < 1.29 is 8.42 Å². The Balaban J connectivity index is 2.21. The zero-order valence-electron chi connectivity index (χ0n) is 9.26. The van der Waals surface area contributed by atoms with Crippen LogP contribution in [0, 0.1) is 0 Å². The maximum Gasteiger partial charge on any atom is 0.219 e. The summed E-state index contributed by atoms with van der Waals surface area (Å²) in [5, 5.41) is 4.26. The van der Waals surface area contributed by atoms with Crippen molar-refractivity contribution in [2.45, 2.75) is 32.2 Å². The fourth-order valence-electron chi connectivity index (χ4n) is 1.95. The highest BCUT2D eigenvalue weighted by Gasteiger charge is 2.31. The molecule has 1 aliphatic rings. The lowest BCUT2D eigenvalue weighted by atomic mass is 10.3. The molecule has 16 heavy (non-hydrogen) atoms. The number of sulfone groups is 1. The Kier molecular flexibility index (Phi) is 2.88. The second kappa shape index (κ2) is 4.04. The van der Waals surface area contributed by atoms with Crippen molar-refractivity contribution in [3.8, 4) is 0 Å². The maximum absolute atomic E-state index is 11.4. The molecule has 0 spiro atoms. The standard InChI is InChI=1S/C9H16N4O2S/c1-2-3-8-11-9(10)13(12-8)7-4-5-16(14,15)6-7/h7H,2-6H2,1H3,(H2,10,11,12). The molecular formula is C9H16N4O2S. The quantitative estimate of drug-likeness (QED) is 0.818. The third kappa shape index (κ3) is 2.18. The number of nitrogen functional groups attached to an aromatic ring is 1. The van der Waals surface area contributed by atoms with E-state index in [0.717, 1.165) is 12.8 Å². The lowest BCUT2D eigenvalue weighted by molar-refractivity contribution is 0.501. The van der Waals surface area contributed by atoms with Gasteiger partial charge in [0.2, 0.25) is 5.95 Å². The zero-order valence-corrected chi connectivity index (χ0v) is 10.1. The first-order valence-corrected chi connectivity index (χ1v) is 7.25. The van der Waals surface area contributed by atoms with Crippen molar-refractivity contribution >= 4 is 15.8 Å². The molecule has 90 valence electrons. The minimum absolute atomic E-state index is 0.131. The molecule has 1 fully saturated rings. The minimum Gasteiger partial charge on any atom is -0.368 e. The highest BCUT2D eigenvalue weighted by molar-refractivity contribution is 7.91. The molecule has 2 heterocycles. The summed E-state index contributed by atoms with van der Waals surface area (Å²) >= 11 is 0. The van der Waals surface area contributed by atoms with E-state index in [1.54, 1.807) is 4.68 Å². The number of aryl methyl sites for hydroxylation is 1. The minimum atomic E-state index is -2.91. The van der Waals surface area contributed by atoms with E-state index < -0.39 is 9.84 Å². The molecule has 0 amide bonds. The highest BCUT2D eigenvalue weighted by Crippen LogP contribution is 2.24. The van der Waals surface area contributed by atoms with E-state index >= 15 is 0 Å². The Labute approximate surface area is 94.8 Å². The predicted molar refractivity (Wildman–Crippen MR) is 60.7 cm³/mol. The molecule has 0 aromatic carbocycles. The summed E-state index contributed by atoms with van der Waals surface area (Å²) in [6.07, 6.45) is 2.31. The fraction of sp³-hybridized carbons (Fsp3) is 0.778. The number of aromatic nitrogens is 3. The summed E-state index contributed by atoms with van der Waals surface area (Å²) in [5.41, 5.74) is 5.73. The van der Waals surface area contributed by atoms with E-state index in [4.69, 9.17) is 5.73 Å². The van der Waals surface area contributed by atoms with Gasteiger partial charge in [0.1, 0.15) is 0 Å². The fourth-order valence-corrected chi connectivity index (χ4v) is 3.64. The number of anilines is 1. The first-order chi connectivity index (χ1) is 7.52. The Bertz CT molecular complexity index is 480. The summed E-state index contributed by atoms with van der Waals surface area (Å²) in [6.45, 7) is 2.04. The monoisotopic (exact) mass is 244 g/mol. The number of rotatable bonds is 3. The Hall–Kier alpha value is -1.11. The second-order valence-electron chi connectivity index (χ2n) is 4.14. The van der Waals surface area contributed by atoms with Gasteiger partial charge in [0, 0.05) is 6.42 Å². The van der Waals surface area contributed by atoms with Gasteiger partial charge in [-0.15, -0.1) is 0 Å². The average molecular weight is 244 g/mol. The molecule has 1 unspecified atom stereocenters. The van der Waals surface area contributed by atoms with Crippen molar-refractivity contribution in [3.63, 3.8) is 0 Å². The van der Waals surface area contributed by atoms with Gasteiger partial charge < -0.3 is 5.73 Å². The smallest absolute Gasteiger partial charge is 0.219 e. The van der Waals surface area contributed by atoms with Crippen LogP contribution in [-0.4, -0.2) is 34.7 Å². The van der Waals surface area contributed by atoms with Gasteiger partial charge in [0.15, 0.2) is 15.7 Å². The van der Waals surface area contributed by atoms with E-state index in [2.05, 4.69) is 10.1 Å². The van der Waals surface area contributed by atoms with Gasteiger partial charge in [-0.25, -0.2) is 13.1 Å². The van der Waals surface area contributed by atoms with E-state index in [1.165, 1.54) is 0 Å². The van der Waals surface area contributed by atoms with Crippen LogP contribution in [0.3, 0.4) is 0 Å². The van der Waals surface area contributed by atoms with Crippen LogP contribution in [-0.2, 0) is 16.3 Å². The molecule has 2 rings (SSSR count). The van der Waals surface area contributed by atoms with Gasteiger partial charge >= 0.3 is 0 Å². The van der Waals surface area contributed by atoms with Gasteiger partial charge in [0.25, 0.3) is 0 Å². The van der Waals surface area contributed by atoms with Crippen LogP contribution in [0.5, 0.6) is 0 Å². The highest BCUT2D eigenvalue weighted by atomic mass is 32.2. The number of nitrogens with two attached hydrogens (primary N) is 1. The molecule has 1 atom stereocenters. The lowest BCUT2D eigenvalue weighted by Crippen LogP contribution is -2.15. The van der Waals surface area contributed by atoms with Gasteiger partial charge in [-0.2, -0.15) is 10.1 Å². The molecule has 0 bridgehead atoms. The molecule has 1 aromatic heterocycles. The van der Waals surface area contributed by atoms with Crippen molar-refractivity contribution in [1.82, 2.24) is 14.8 Å². The number of hydrogen-bond acceptors (Lipinski definition) is 5. The van der Waals surface area contributed by atoms with Crippen LogP contribution in [0.2, 0.25) is 0 Å². The van der Waals surface area contributed by atoms with Crippen LogP contribution in [0.25, 0.3) is 0 Å².